The molecule has 2 unspecified atom stereocenters. The Morgan fingerprint density at radius 3 is 2.58 bits per heavy atom. The van der Waals surface area contributed by atoms with Crippen molar-refractivity contribution in [2.75, 3.05) is 13.2 Å². The topological polar surface area (TPSA) is 78.4 Å². The molecule has 100 valence electrons. The van der Waals surface area contributed by atoms with Gasteiger partial charge in [-0.05, 0) is 12.0 Å². The lowest BCUT2D eigenvalue weighted by molar-refractivity contribution is -0.138. The van der Waals surface area contributed by atoms with E-state index in [-0.39, 0.29) is 30.4 Å². The van der Waals surface area contributed by atoms with Crippen LogP contribution in [0.5, 0.6) is 0 Å². The smallest absolute Gasteiger partial charge is 0.236 e. The summed E-state index contributed by atoms with van der Waals surface area (Å²) in [5.41, 5.74) is -0.0797. The first-order chi connectivity index (χ1) is 9.18. The van der Waals surface area contributed by atoms with Crippen LogP contribution in [0, 0.1) is 5.41 Å². The summed E-state index contributed by atoms with van der Waals surface area (Å²) in [6.45, 7) is 0.330. The molecule has 1 aromatic rings. The van der Waals surface area contributed by atoms with Crippen molar-refractivity contribution in [3.63, 3.8) is 0 Å². The van der Waals surface area contributed by atoms with Gasteiger partial charge in [-0.15, -0.1) is 0 Å². The maximum absolute atomic E-state index is 12.3. The summed E-state index contributed by atoms with van der Waals surface area (Å²) >= 11 is 0. The predicted molar refractivity (Wildman–Crippen MR) is 68.3 cm³/mol. The molecule has 1 spiro atoms. The molecule has 2 heterocycles. The van der Waals surface area contributed by atoms with Crippen molar-refractivity contribution in [1.29, 1.82) is 0 Å². The lowest BCUT2D eigenvalue weighted by Gasteiger charge is -2.25. The fourth-order valence-corrected chi connectivity index (χ4v) is 3.23. The number of aliphatic hydroxyl groups is 1. The lowest BCUT2D eigenvalue weighted by atomic mass is 9.72. The zero-order chi connectivity index (χ0) is 13.5. The Bertz CT molecular complexity index is 517. The Morgan fingerprint density at radius 1 is 1.21 bits per heavy atom. The molecule has 0 aromatic heterocycles. The summed E-state index contributed by atoms with van der Waals surface area (Å²) in [4.78, 5) is 24.5. The second-order valence-corrected chi connectivity index (χ2v) is 5.20. The minimum Gasteiger partial charge on any atom is -0.394 e. The van der Waals surface area contributed by atoms with E-state index in [0.717, 1.165) is 5.56 Å². The van der Waals surface area contributed by atoms with Crippen LogP contribution in [0.4, 0.5) is 0 Å². The van der Waals surface area contributed by atoms with E-state index in [1.807, 2.05) is 30.3 Å². The molecular formula is C14H16N2O3. The number of hydrogen-bond acceptors (Lipinski definition) is 3. The van der Waals surface area contributed by atoms with Gasteiger partial charge in [-0.25, -0.2) is 0 Å². The first-order valence-corrected chi connectivity index (χ1v) is 6.43. The zero-order valence-electron chi connectivity index (χ0n) is 10.4. The highest BCUT2D eigenvalue weighted by molar-refractivity contribution is 6.09. The van der Waals surface area contributed by atoms with Gasteiger partial charge in [0.2, 0.25) is 11.8 Å². The van der Waals surface area contributed by atoms with E-state index in [1.54, 1.807) is 0 Å². The van der Waals surface area contributed by atoms with E-state index in [1.165, 1.54) is 0 Å². The molecule has 2 amide bonds. The average molecular weight is 260 g/mol. The summed E-state index contributed by atoms with van der Waals surface area (Å²) in [6, 6.07) is 9.26. The van der Waals surface area contributed by atoms with Gasteiger partial charge in [-0.2, -0.15) is 0 Å². The fraction of sp³-hybridized carbons (Fsp3) is 0.429. The Morgan fingerprint density at radius 2 is 1.95 bits per heavy atom. The van der Waals surface area contributed by atoms with Gasteiger partial charge >= 0.3 is 0 Å². The van der Waals surface area contributed by atoms with Crippen LogP contribution in [-0.2, 0) is 9.59 Å². The molecule has 5 nitrogen and oxygen atoms in total. The molecular weight excluding hydrogens is 244 g/mol. The number of nitrogens with one attached hydrogen (secondary N) is 2. The van der Waals surface area contributed by atoms with Crippen LogP contribution in [0.3, 0.4) is 0 Å². The van der Waals surface area contributed by atoms with E-state index in [2.05, 4.69) is 10.6 Å². The summed E-state index contributed by atoms with van der Waals surface area (Å²) in [7, 11) is 0. The van der Waals surface area contributed by atoms with Gasteiger partial charge in [-0.1, -0.05) is 30.3 Å². The van der Waals surface area contributed by atoms with Gasteiger partial charge in [0.05, 0.1) is 12.6 Å². The largest absolute Gasteiger partial charge is 0.394 e. The number of carbonyl (C=O) groups excluding carboxylic acids is 2. The van der Waals surface area contributed by atoms with Crippen molar-refractivity contribution >= 4 is 11.8 Å². The van der Waals surface area contributed by atoms with Crippen molar-refractivity contribution in [3.8, 4) is 0 Å². The number of aliphatic hydroxyl groups excluding tert-OH is 1. The van der Waals surface area contributed by atoms with Gasteiger partial charge in [0, 0.05) is 12.5 Å². The molecule has 1 aromatic carbocycles. The maximum atomic E-state index is 12.3. The third-order valence-electron chi connectivity index (χ3n) is 4.20. The van der Waals surface area contributed by atoms with Gasteiger partial charge in [0.15, 0.2) is 0 Å². The minimum atomic E-state index is -1.06. The standard InChI is InChI=1S/C14H16N2O3/c17-8-10-6-14(13(19)16-10)11(7-15-12(14)18)9-4-2-1-3-5-9/h1-5,10-11,17H,6-8H2,(H,15,18)(H,16,19)/t10?,11?,14-/m1/s1. The van der Waals surface area contributed by atoms with E-state index in [9.17, 15) is 14.7 Å². The quantitative estimate of drug-likeness (QED) is 0.643. The number of benzene rings is 1. The van der Waals surface area contributed by atoms with Crippen molar-refractivity contribution in [2.24, 2.45) is 5.41 Å². The molecule has 2 fully saturated rings. The van der Waals surface area contributed by atoms with E-state index in [4.69, 9.17) is 0 Å². The first kappa shape index (κ1) is 12.2. The number of carbonyl (C=O) groups is 2. The molecule has 0 saturated carbocycles. The number of rotatable bonds is 2. The Balaban J connectivity index is 2.02. The summed E-state index contributed by atoms with van der Waals surface area (Å²) in [5, 5.41) is 14.7. The van der Waals surface area contributed by atoms with Crippen LogP contribution in [-0.4, -0.2) is 36.1 Å². The van der Waals surface area contributed by atoms with Crippen molar-refractivity contribution in [2.45, 2.75) is 18.4 Å². The van der Waals surface area contributed by atoms with Gasteiger partial charge in [0.1, 0.15) is 5.41 Å². The average Bonchev–Trinajstić information content (AvgIpc) is 2.94. The third kappa shape index (κ3) is 1.65. The molecule has 2 aliphatic rings. The molecule has 5 heteroatoms. The molecule has 0 radical (unpaired) electrons. The van der Waals surface area contributed by atoms with Gasteiger partial charge in [0.25, 0.3) is 0 Å². The predicted octanol–water partition coefficient (Wildman–Crippen LogP) is -0.233. The Hall–Kier alpha value is -1.88. The van der Waals surface area contributed by atoms with Crippen LogP contribution in [0.1, 0.15) is 17.9 Å². The number of hydrogen-bond donors (Lipinski definition) is 3. The van der Waals surface area contributed by atoms with Crippen LogP contribution in [0.2, 0.25) is 0 Å². The van der Waals surface area contributed by atoms with Crippen LogP contribution < -0.4 is 10.6 Å². The van der Waals surface area contributed by atoms with Crippen molar-refractivity contribution in [3.05, 3.63) is 35.9 Å². The lowest BCUT2D eigenvalue weighted by Crippen LogP contribution is -2.41. The monoisotopic (exact) mass is 260 g/mol. The second-order valence-electron chi connectivity index (χ2n) is 5.20. The normalized spacial score (nSPS) is 33.5. The molecule has 3 atom stereocenters. The summed E-state index contributed by atoms with van der Waals surface area (Å²) in [5.74, 6) is -0.664. The van der Waals surface area contributed by atoms with Crippen molar-refractivity contribution < 1.29 is 14.7 Å². The highest BCUT2D eigenvalue weighted by atomic mass is 16.3. The molecule has 19 heavy (non-hydrogen) atoms. The Kier molecular flexibility index (Phi) is 2.78. The molecule has 3 N–H and O–H groups in total. The van der Waals surface area contributed by atoms with Crippen LogP contribution >= 0.6 is 0 Å². The Labute approximate surface area is 111 Å². The SMILES string of the molecule is O=C1NCC(c2ccccc2)[C@]12CC(CO)NC2=O. The maximum Gasteiger partial charge on any atom is 0.236 e. The van der Waals surface area contributed by atoms with Crippen LogP contribution in [0.15, 0.2) is 30.3 Å². The third-order valence-corrected chi connectivity index (χ3v) is 4.20. The molecule has 0 aliphatic carbocycles. The van der Waals surface area contributed by atoms with E-state index < -0.39 is 5.41 Å². The first-order valence-electron chi connectivity index (χ1n) is 6.43. The second kappa shape index (κ2) is 4.35. The van der Waals surface area contributed by atoms with E-state index >= 15 is 0 Å². The molecule has 3 rings (SSSR count). The number of amides is 2. The summed E-state index contributed by atoms with van der Waals surface area (Å²) < 4.78 is 0. The van der Waals surface area contributed by atoms with Crippen LogP contribution in [0.25, 0.3) is 0 Å². The molecule has 0 bridgehead atoms. The fourth-order valence-electron chi connectivity index (χ4n) is 3.23. The molecule has 2 aliphatic heterocycles. The van der Waals surface area contributed by atoms with E-state index in [0.29, 0.717) is 13.0 Å². The molecule has 2 saturated heterocycles. The van der Waals surface area contributed by atoms with Gasteiger partial charge in [-0.3, -0.25) is 9.59 Å². The zero-order valence-corrected chi connectivity index (χ0v) is 10.4. The highest BCUT2D eigenvalue weighted by Gasteiger charge is 2.60. The summed E-state index contributed by atoms with van der Waals surface area (Å²) in [6.07, 6.45) is 0.355. The highest BCUT2D eigenvalue weighted by Crippen LogP contribution is 2.46. The minimum absolute atomic E-state index is 0.137. The van der Waals surface area contributed by atoms with Crippen molar-refractivity contribution in [1.82, 2.24) is 10.6 Å². The van der Waals surface area contributed by atoms with Gasteiger partial charge < -0.3 is 15.7 Å².